The smallest absolute Gasteiger partial charge is 0.163 e. The lowest BCUT2D eigenvalue weighted by atomic mass is 10.6. The van der Waals surface area contributed by atoms with E-state index in [1.807, 2.05) is 0 Å². The second kappa shape index (κ2) is 2.47. The van der Waals surface area contributed by atoms with Crippen LogP contribution in [0.1, 0.15) is 5.82 Å². The number of rotatable bonds is 1. The second-order valence-electron chi connectivity index (χ2n) is 1.16. The van der Waals surface area contributed by atoms with Gasteiger partial charge in [-0.2, -0.15) is 0 Å². The van der Waals surface area contributed by atoms with Crippen LogP contribution >= 0.6 is 12.2 Å². The average molecular weight is 123 g/mol. The minimum Gasteiger partial charge on any atom is -0.236 e. The summed E-state index contributed by atoms with van der Waals surface area (Å²) in [5, 5.41) is 1.41. The van der Waals surface area contributed by atoms with E-state index < -0.39 is 0 Å². The molecule has 0 spiro atoms. The molecule has 0 unspecified atom stereocenters. The Morgan fingerprint density at radius 3 is 3.00 bits per heavy atom. The molecule has 0 aromatic carbocycles. The number of hydrogen-bond acceptors (Lipinski definition) is 3. The van der Waals surface area contributed by atoms with Crippen molar-refractivity contribution in [3.8, 4) is 0 Å². The van der Waals surface area contributed by atoms with Gasteiger partial charge in [0.25, 0.3) is 0 Å². The molecule has 0 fully saturated rings. The fourth-order valence-corrected chi connectivity index (χ4v) is 0.450. The minimum atomic E-state index is 0.544. The van der Waals surface area contributed by atoms with Gasteiger partial charge in [0.15, 0.2) is 5.82 Å². The van der Waals surface area contributed by atoms with Gasteiger partial charge in [0.2, 0.25) is 0 Å². The Labute approximate surface area is 52.6 Å². The third-order valence-electron chi connectivity index (χ3n) is 0.640. The largest absolute Gasteiger partial charge is 0.236 e. The molecule has 0 bridgehead atoms. The Balaban J connectivity index is 2.99. The van der Waals surface area contributed by atoms with Gasteiger partial charge in [0, 0.05) is 11.6 Å². The molecule has 1 heterocycles. The molecular formula is C5H3N2S. The fourth-order valence-electron chi connectivity index (χ4n) is 0.336. The van der Waals surface area contributed by atoms with Crippen LogP contribution in [0, 0.1) is 6.20 Å². The normalized spacial score (nSPS) is 8.50. The second-order valence-corrected chi connectivity index (χ2v) is 1.40. The Morgan fingerprint density at radius 2 is 2.62 bits per heavy atom. The Morgan fingerprint density at radius 1 is 1.75 bits per heavy atom. The molecule has 0 aliphatic heterocycles. The van der Waals surface area contributed by atoms with E-state index in [0.29, 0.717) is 5.82 Å². The lowest BCUT2D eigenvalue weighted by molar-refractivity contribution is 1.14. The topological polar surface area (TPSA) is 25.8 Å². The summed E-state index contributed by atoms with van der Waals surface area (Å²) in [6.07, 6.45) is 4.20. The SMILES string of the molecule is S=Cc1n[c]ccn1. The van der Waals surface area contributed by atoms with Gasteiger partial charge in [-0.1, -0.05) is 12.2 Å². The van der Waals surface area contributed by atoms with Gasteiger partial charge < -0.3 is 0 Å². The van der Waals surface area contributed by atoms with Crippen LogP contribution in [0.2, 0.25) is 0 Å². The molecule has 1 aromatic heterocycles. The highest BCUT2D eigenvalue weighted by atomic mass is 32.1. The van der Waals surface area contributed by atoms with Crippen LogP contribution in [0.5, 0.6) is 0 Å². The van der Waals surface area contributed by atoms with E-state index in [9.17, 15) is 0 Å². The quantitative estimate of drug-likeness (QED) is 0.512. The monoisotopic (exact) mass is 123 g/mol. The maximum Gasteiger partial charge on any atom is 0.163 e. The summed E-state index contributed by atoms with van der Waals surface area (Å²) >= 11 is 4.55. The Hall–Kier alpha value is -0.830. The number of nitrogens with zero attached hydrogens (tertiary/aromatic N) is 2. The van der Waals surface area contributed by atoms with Crippen LogP contribution in [0.4, 0.5) is 0 Å². The molecule has 0 aliphatic carbocycles. The molecule has 0 N–H and O–H groups in total. The third kappa shape index (κ3) is 1.07. The van der Waals surface area contributed by atoms with Gasteiger partial charge in [0.1, 0.15) is 0 Å². The van der Waals surface area contributed by atoms with Crippen molar-refractivity contribution in [2.45, 2.75) is 0 Å². The Kier molecular flexibility index (Phi) is 1.64. The first-order valence-corrected chi connectivity index (χ1v) is 2.55. The first-order valence-electron chi connectivity index (χ1n) is 2.08. The summed E-state index contributed by atoms with van der Waals surface area (Å²) in [6, 6.07) is 1.63. The summed E-state index contributed by atoms with van der Waals surface area (Å²) in [5.41, 5.74) is 0. The van der Waals surface area contributed by atoms with Gasteiger partial charge in [-0.05, 0) is 6.07 Å². The molecule has 39 valence electrons. The van der Waals surface area contributed by atoms with E-state index in [4.69, 9.17) is 0 Å². The van der Waals surface area contributed by atoms with E-state index >= 15 is 0 Å². The van der Waals surface area contributed by atoms with Crippen molar-refractivity contribution < 1.29 is 0 Å². The molecular weight excluding hydrogens is 120 g/mol. The highest BCUT2D eigenvalue weighted by Crippen LogP contribution is 1.78. The van der Waals surface area contributed by atoms with E-state index in [2.05, 4.69) is 28.4 Å². The highest BCUT2D eigenvalue weighted by Gasteiger charge is 1.81. The van der Waals surface area contributed by atoms with Crippen molar-refractivity contribution in [1.29, 1.82) is 0 Å². The standard InChI is InChI=1S/C5H3N2S/c8-4-5-6-2-1-3-7-5/h1-2,4H. The Bertz CT molecular complexity index is 173. The van der Waals surface area contributed by atoms with Crippen molar-refractivity contribution >= 4 is 17.6 Å². The fraction of sp³-hybridized carbons (Fsp3) is 0. The molecule has 3 heteroatoms. The van der Waals surface area contributed by atoms with Crippen molar-refractivity contribution in [3.05, 3.63) is 24.3 Å². The first-order chi connectivity index (χ1) is 3.93. The van der Waals surface area contributed by atoms with Crippen LogP contribution in [0.3, 0.4) is 0 Å². The predicted molar refractivity (Wildman–Crippen MR) is 33.6 cm³/mol. The summed E-state index contributed by atoms with van der Waals surface area (Å²) < 4.78 is 0. The van der Waals surface area contributed by atoms with Crippen LogP contribution in [-0.2, 0) is 0 Å². The van der Waals surface area contributed by atoms with Gasteiger partial charge in [0.05, 0.1) is 6.20 Å². The maximum absolute atomic E-state index is 4.55. The molecule has 0 amide bonds. The zero-order valence-corrected chi connectivity index (χ0v) is 4.85. The molecule has 8 heavy (non-hydrogen) atoms. The summed E-state index contributed by atoms with van der Waals surface area (Å²) in [5.74, 6) is 0.544. The van der Waals surface area contributed by atoms with Crippen molar-refractivity contribution in [2.24, 2.45) is 0 Å². The summed E-state index contributed by atoms with van der Waals surface area (Å²) in [7, 11) is 0. The van der Waals surface area contributed by atoms with Crippen molar-refractivity contribution in [3.63, 3.8) is 0 Å². The lowest BCUT2D eigenvalue weighted by Crippen LogP contribution is -1.87. The van der Waals surface area contributed by atoms with Gasteiger partial charge in [-0.15, -0.1) is 0 Å². The molecule has 0 atom stereocenters. The third-order valence-corrected chi connectivity index (χ3v) is 0.851. The number of thiocarbonyl (C=S) groups is 1. The molecule has 1 rings (SSSR count). The van der Waals surface area contributed by atoms with Crippen molar-refractivity contribution in [2.75, 3.05) is 0 Å². The van der Waals surface area contributed by atoms with Crippen LogP contribution in [0.25, 0.3) is 0 Å². The van der Waals surface area contributed by atoms with E-state index in [-0.39, 0.29) is 0 Å². The highest BCUT2D eigenvalue weighted by molar-refractivity contribution is 7.79. The molecule has 0 aliphatic rings. The predicted octanol–water partition coefficient (Wildman–Crippen LogP) is 0.625. The summed E-state index contributed by atoms with van der Waals surface area (Å²) in [4.78, 5) is 7.50. The van der Waals surface area contributed by atoms with Crippen LogP contribution in [0.15, 0.2) is 12.3 Å². The first kappa shape index (κ1) is 5.31. The van der Waals surface area contributed by atoms with Gasteiger partial charge in [-0.25, -0.2) is 9.97 Å². The van der Waals surface area contributed by atoms with Crippen LogP contribution < -0.4 is 0 Å². The molecule has 2 nitrogen and oxygen atoms in total. The van der Waals surface area contributed by atoms with E-state index in [1.165, 1.54) is 5.37 Å². The molecule has 0 saturated carbocycles. The molecule has 0 saturated heterocycles. The summed E-state index contributed by atoms with van der Waals surface area (Å²) in [6.45, 7) is 0. The zero-order valence-electron chi connectivity index (χ0n) is 4.03. The average Bonchev–Trinajstić information content (AvgIpc) is 1.90. The van der Waals surface area contributed by atoms with E-state index in [0.717, 1.165) is 0 Å². The van der Waals surface area contributed by atoms with Gasteiger partial charge in [-0.3, -0.25) is 0 Å². The minimum absolute atomic E-state index is 0.544. The van der Waals surface area contributed by atoms with Crippen LogP contribution in [-0.4, -0.2) is 15.3 Å². The maximum atomic E-state index is 4.55. The number of aromatic nitrogens is 2. The molecule has 1 aromatic rings. The van der Waals surface area contributed by atoms with Crippen molar-refractivity contribution in [1.82, 2.24) is 9.97 Å². The molecule has 1 radical (unpaired) electrons. The van der Waals surface area contributed by atoms with Gasteiger partial charge >= 0.3 is 0 Å². The van der Waals surface area contributed by atoms with E-state index in [1.54, 1.807) is 12.3 Å². The zero-order chi connectivity index (χ0) is 5.82. The number of hydrogen-bond donors (Lipinski definition) is 0. The lowest BCUT2D eigenvalue weighted by Gasteiger charge is -1.81.